The maximum absolute atomic E-state index is 6.29. The molecule has 1 heterocycles. The van der Waals surface area contributed by atoms with Gasteiger partial charge in [0.05, 0.1) is 10.6 Å². The Bertz CT molecular complexity index is 1520. The molecule has 5 heteroatoms. The Morgan fingerprint density at radius 2 is 0.971 bits per heavy atom. The highest BCUT2D eigenvalue weighted by Gasteiger charge is 2.32. The Labute approximate surface area is 213 Å². The molecule has 0 aliphatic carbocycles. The smallest absolute Gasteiger partial charge is 0.156 e. The summed E-state index contributed by atoms with van der Waals surface area (Å²) in [5.41, 5.74) is 1.99. The third-order valence-corrected chi connectivity index (χ3v) is 13.0. The molecule has 5 rings (SSSR count). The summed E-state index contributed by atoms with van der Waals surface area (Å²) in [4.78, 5) is 6.48. The topological polar surface area (TPSA) is 17.3 Å². The number of aromatic nitrogens is 1. The van der Waals surface area contributed by atoms with Crippen LogP contribution in [-0.2, 0) is 0 Å². The second-order valence-electron chi connectivity index (χ2n) is 9.61. The third-order valence-electron chi connectivity index (χ3n) is 6.26. The standard InChI is InChI=1S/C30H29N2PSSi/c1-35(2,3)32-29(31-24-16-8-4-9-17-24)28(30(32)34)33(25-18-10-5-11-19-25,26-20-12-6-13-21-26)27-22-14-7-15-23-27/h4-23H,1-3H3. The van der Waals surface area contributed by atoms with E-state index in [0.29, 0.717) is 0 Å². The maximum Gasteiger partial charge on any atom is 0.156 e. The lowest BCUT2D eigenvalue weighted by Crippen LogP contribution is -2.48. The molecule has 0 aliphatic heterocycles. The SMILES string of the molecule is C[Si](C)(C)n1c(=S)c(=P(c2ccccc2)(c2ccccc2)c2ccccc2)c1=Nc1ccccc1. The first-order chi connectivity index (χ1) is 16.9. The van der Waals surface area contributed by atoms with E-state index in [-0.39, 0.29) is 0 Å². The number of rotatable bonds is 5. The Morgan fingerprint density at radius 1 is 0.600 bits per heavy atom. The van der Waals surface area contributed by atoms with Gasteiger partial charge in [-0.15, -0.1) is 0 Å². The summed E-state index contributed by atoms with van der Waals surface area (Å²) in [5, 5.41) is 3.89. The second kappa shape index (κ2) is 9.54. The Morgan fingerprint density at radius 3 is 1.34 bits per heavy atom. The average molecular weight is 509 g/mol. The van der Waals surface area contributed by atoms with Crippen molar-refractivity contribution in [2.24, 2.45) is 4.99 Å². The van der Waals surface area contributed by atoms with E-state index >= 15 is 0 Å². The number of nitrogens with zero attached hydrogens (tertiary/aromatic N) is 2. The van der Waals surface area contributed by atoms with Crippen LogP contribution in [0.4, 0.5) is 5.69 Å². The highest BCUT2D eigenvalue weighted by atomic mass is 32.1. The van der Waals surface area contributed by atoms with Crippen molar-refractivity contribution in [3.8, 4) is 0 Å². The van der Waals surface area contributed by atoms with Crippen molar-refractivity contribution in [3.05, 3.63) is 136 Å². The van der Waals surface area contributed by atoms with Crippen molar-refractivity contribution in [1.82, 2.24) is 4.23 Å². The fraction of sp³-hybridized carbons (Fsp3) is 0.100. The molecule has 174 valence electrons. The summed E-state index contributed by atoms with van der Waals surface area (Å²) < 4.78 is 3.32. The van der Waals surface area contributed by atoms with E-state index < -0.39 is 15.1 Å². The Kier molecular flexibility index (Phi) is 6.46. The molecular weight excluding hydrogens is 479 g/mol. The predicted molar refractivity (Wildman–Crippen MR) is 156 cm³/mol. The molecule has 0 aliphatic rings. The summed E-state index contributed by atoms with van der Waals surface area (Å²) in [6.07, 6.45) is 0. The minimum Gasteiger partial charge on any atom is -0.345 e. The summed E-state index contributed by atoms with van der Waals surface area (Å²) in [6, 6.07) is 43.0. The Hall–Kier alpha value is -3.04. The zero-order valence-electron chi connectivity index (χ0n) is 20.3. The molecule has 0 saturated heterocycles. The van der Waals surface area contributed by atoms with Crippen LogP contribution in [0.3, 0.4) is 0 Å². The molecule has 4 aromatic carbocycles. The first kappa shape index (κ1) is 23.7. The molecule has 0 spiro atoms. The summed E-state index contributed by atoms with van der Waals surface area (Å²) in [5.74, 6) is 0. The van der Waals surface area contributed by atoms with Crippen LogP contribution in [0, 0.1) is 9.58 Å². The summed E-state index contributed by atoms with van der Waals surface area (Å²) >= 11 is 6.29. The van der Waals surface area contributed by atoms with E-state index in [0.717, 1.165) is 15.8 Å². The van der Waals surface area contributed by atoms with Gasteiger partial charge in [0, 0.05) is 0 Å². The van der Waals surface area contributed by atoms with Crippen LogP contribution >= 0.6 is 19.1 Å². The first-order valence-corrected chi connectivity index (χ1v) is 17.5. The average Bonchev–Trinajstić information content (AvgIpc) is 2.88. The lowest BCUT2D eigenvalue weighted by atomic mass is 10.3. The van der Waals surface area contributed by atoms with Crippen molar-refractivity contribution in [1.29, 1.82) is 0 Å². The van der Waals surface area contributed by atoms with Crippen molar-refractivity contribution < 1.29 is 0 Å². The molecule has 5 aromatic rings. The van der Waals surface area contributed by atoms with E-state index in [2.05, 4.69) is 127 Å². The lowest BCUT2D eigenvalue weighted by molar-refractivity contribution is 0.919. The normalized spacial score (nSPS) is 12.7. The van der Waals surface area contributed by atoms with E-state index in [1.165, 1.54) is 20.9 Å². The number of para-hydroxylation sites is 1. The molecule has 0 atom stereocenters. The van der Waals surface area contributed by atoms with Crippen LogP contribution in [0.2, 0.25) is 19.6 Å². The van der Waals surface area contributed by atoms with Gasteiger partial charge in [-0.05, 0) is 34.9 Å². The molecule has 0 N–H and O–H groups in total. The highest BCUT2D eigenvalue weighted by Crippen LogP contribution is 2.47. The number of benzene rings is 4. The Balaban J connectivity index is 2.13. The van der Waals surface area contributed by atoms with Crippen LogP contribution in [0.1, 0.15) is 0 Å². The molecule has 0 unspecified atom stereocenters. The fourth-order valence-corrected chi connectivity index (χ4v) is 12.3. The van der Waals surface area contributed by atoms with Crippen LogP contribution in [0.15, 0.2) is 126 Å². The molecule has 0 radical (unpaired) electrons. The van der Waals surface area contributed by atoms with Gasteiger partial charge >= 0.3 is 0 Å². The molecule has 2 nitrogen and oxygen atoms in total. The van der Waals surface area contributed by atoms with Crippen LogP contribution < -0.4 is 21.4 Å². The van der Waals surface area contributed by atoms with E-state index in [4.69, 9.17) is 17.2 Å². The molecule has 0 saturated carbocycles. The minimum absolute atomic E-state index is 0.948. The van der Waals surface area contributed by atoms with Gasteiger partial charge < -0.3 is 4.23 Å². The summed E-state index contributed by atoms with van der Waals surface area (Å²) in [7, 11) is -1.82. The van der Waals surface area contributed by atoms with Gasteiger partial charge in [-0.3, -0.25) is 0 Å². The molecule has 0 amide bonds. The fourth-order valence-electron chi connectivity index (χ4n) is 4.78. The van der Waals surface area contributed by atoms with Gasteiger partial charge in [0.1, 0.15) is 10.1 Å². The van der Waals surface area contributed by atoms with Gasteiger partial charge in [0.15, 0.2) is 8.24 Å². The van der Waals surface area contributed by atoms with E-state index in [1.54, 1.807) is 0 Å². The predicted octanol–water partition coefficient (Wildman–Crippen LogP) is 6.53. The highest BCUT2D eigenvalue weighted by molar-refractivity contribution is 7.89. The van der Waals surface area contributed by atoms with Gasteiger partial charge in [-0.2, -0.15) is 0 Å². The van der Waals surface area contributed by atoms with Crippen LogP contribution in [0.25, 0.3) is 0 Å². The van der Waals surface area contributed by atoms with Crippen molar-refractivity contribution in [3.63, 3.8) is 0 Å². The molecular formula is C30H29N2PSSi. The quantitative estimate of drug-likeness (QED) is 0.150. The van der Waals surface area contributed by atoms with Gasteiger partial charge in [0.25, 0.3) is 0 Å². The minimum atomic E-state index is -2.29. The second-order valence-corrected chi connectivity index (χ2v) is 18.1. The maximum atomic E-state index is 6.29. The third kappa shape index (κ3) is 4.16. The van der Waals surface area contributed by atoms with Crippen LogP contribution in [0.5, 0.6) is 0 Å². The van der Waals surface area contributed by atoms with E-state index in [9.17, 15) is 0 Å². The van der Waals surface area contributed by atoms with Crippen molar-refractivity contribution >= 4 is 48.9 Å². The van der Waals surface area contributed by atoms with Crippen molar-refractivity contribution in [2.75, 3.05) is 0 Å². The summed E-state index contributed by atoms with van der Waals surface area (Å²) in [6.45, 7) is 4.72. The monoisotopic (exact) mass is 508 g/mol. The molecule has 0 fully saturated rings. The molecule has 1 aromatic heterocycles. The van der Waals surface area contributed by atoms with Gasteiger partial charge in [-0.1, -0.05) is 141 Å². The van der Waals surface area contributed by atoms with E-state index in [1.807, 2.05) is 18.2 Å². The van der Waals surface area contributed by atoms with Gasteiger partial charge in [0.2, 0.25) is 0 Å². The van der Waals surface area contributed by atoms with Crippen LogP contribution in [-0.4, -0.2) is 12.5 Å². The zero-order chi connectivity index (χ0) is 24.5. The number of hydrogen-bond acceptors (Lipinski definition) is 2. The zero-order valence-corrected chi connectivity index (χ0v) is 23.0. The first-order valence-electron chi connectivity index (χ1n) is 11.9. The van der Waals surface area contributed by atoms with Crippen molar-refractivity contribution in [2.45, 2.75) is 19.6 Å². The lowest BCUT2D eigenvalue weighted by Gasteiger charge is -2.33. The molecule has 35 heavy (non-hydrogen) atoms. The molecule has 0 bridgehead atoms. The van der Waals surface area contributed by atoms with Gasteiger partial charge in [-0.25, -0.2) is 4.99 Å². The number of hydrogen-bond donors (Lipinski definition) is 0. The largest absolute Gasteiger partial charge is 0.345 e.